The molecule has 0 fully saturated rings. The molecule has 9 aromatic carbocycles. The summed E-state index contributed by atoms with van der Waals surface area (Å²) in [5.41, 5.74) is 11.8. The maximum atomic E-state index is 2.49. The van der Waals surface area contributed by atoms with Gasteiger partial charge in [-0.3, -0.25) is 0 Å². The van der Waals surface area contributed by atoms with E-state index in [0.717, 1.165) is 17.1 Å². The van der Waals surface area contributed by atoms with Gasteiger partial charge in [0.15, 0.2) is 0 Å². The van der Waals surface area contributed by atoms with Crippen molar-refractivity contribution in [3.8, 4) is 27.9 Å². The van der Waals surface area contributed by atoms with E-state index < -0.39 is 0 Å². The van der Waals surface area contributed by atoms with E-state index in [1.165, 1.54) is 90.1 Å². The number of hydrogen-bond donors (Lipinski definition) is 0. The van der Waals surface area contributed by atoms with E-state index in [0.29, 0.717) is 0 Å². The highest BCUT2D eigenvalue weighted by Crippen LogP contribution is 2.49. The molecular formula is C54H34N2S2. The molecule has 0 atom stereocenters. The van der Waals surface area contributed by atoms with Crippen LogP contribution in [-0.4, -0.2) is 4.57 Å². The number of rotatable bonds is 6. The zero-order chi connectivity index (χ0) is 38.2. The molecule has 0 aliphatic carbocycles. The summed E-state index contributed by atoms with van der Waals surface area (Å²) in [6.45, 7) is 0. The minimum atomic E-state index is 1.12. The monoisotopic (exact) mass is 774 g/mol. The lowest BCUT2D eigenvalue weighted by Crippen LogP contribution is -2.10. The Morgan fingerprint density at radius 1 is 0.328 bits per heavy atom. The molecule has 0 saturated carbocycles. The first-order valence-corrected chi connectivity index (χ1v) is 21.3. The smallest absolute Gasteiger partial charge is 0.0646 e. The minimum absolute atomic E-state index is 1.12. The molecule has 0 amide bonds. The molecule has 0 unspecified atom stereocenters. The Labute approximate surface area is 343 Å². The number of aromatic nitrogens is 1. The largest absolute Gasteiger partial charge is 0.309 e. The number of benzene rings is 9. The first-order valence-electron chi connectivity index (χ1n) is 19.7. The Balaban J connectivity index is 1.13. The first kappa shape index (κ1) is 33.2. The van der Waals surface area contributed by atoms with Crippen LogP contribution in [-0.2, 0) is 0 Å². The molecule has 0 saturated heterocycles. The van der Waals surface area contributed by atoms with Gasteiger partial charge in [-0.15, -0.1) is 22.7 Å². The van der Waals surface area contributed by atoms with Crippen molar-refractivity contribution in [3.05, 3.63) is 206 Å². The van der Waals surface area contributed by atoms with Crippen LogP contribution in [0.2, 0.25) is 0 Å². The predicted molar refractivity (Wildman–Crippen MR) is 252 cm³/mol. The van der Waals surface area contributed by atoms with Crippen LogP contribution >= 0.6 is 22.7 Å². The van der Waals surface area contributed by atoms with Crippen molar-refractivity contribution in [1.29, 1.82) is 0 Å². The normalized spacial score (nSPS) is 11.8. The van der Waals surface area contributed by atoms with E-state index in [1.54, 1.807) is 0 Å². The molecular weight excluding hydrogens is 741 g/mol. The minimum Gasteiger partial charge on any atom is -0.309 e. The van der Waals surface area contributed by atoms with Crippen molar-refractivity contribution in [2.24, 2.45) is 0 Å². The lowest BCUT2D eigenvalue weighted by molar-refractivity contribution is 1.18. The van der Waals surface area contributed by atoms with Crippen molar-refractivity contribution in [1.82, 2.24) is 4.57 Å². The van der Waals surface area contributed by atoms with Crippen LogP contribution in [0.5, 0.6) is 0 Å². The fourth-order valence-corrected chi connectivity index (χ4v) is 11.1. The first-order chi connectivity index (χ1) is 28.7. The van der Waals surface area contributed by atoms with Crippen LogP contribution in [0, 0.1) is 0 Å². The summed E-state index contributed by atoms with van der Waals surface area (Å²) in [5, 5.41) is 7.64. The van der Waals surface area contributed by atoms with Gasteiger partial charge in [0.25, 0.3) is 0 Å². The van der Waals surface area contributed by atoms with E-state index in [2.05, 4.69) is 216 Å². The Kier molecular flexibility index (Phi) is 7.62. The third kappa shape index (κ3) is 5.30. The summed E-state index contributed by atoms with van der Waals surface area (Å²) in [5.74, 6) is 0. The van der Waals surface area contributed by atoms with Crippen molar-refractivity contribution < 1.29 is 0 Å². The van der Waals surface area contributed by atoms with Gasteiger partial charge in [-0.25, -0.2) is 0 Å². The second-order valence-electron chi connectivity index (χ2n) is 14.9. The number of nitrogens with zero attached hydrogens (tertiary/aromatic N) is 2. The standard InChI is InChI=1S/C54H34N2S2/c1-3-13-35(14-4-1)36-23-26-40(27-24-36)55(41-28-30-53-46(34-41)44-18-8-11-21-51(44)57-53)50-33-38(31-47-45-19-9-12-22-52(45)58-54(47)50)37-25-29-43-42-17-7-10-20-48(42)56(49(43)32-37)39-15-5-2-6-16-39/h1-34H. The van der Waals surface area contributed by atoms with Crippen LogP contribution in [0.3, 0.4) is 0 Å². The molecule has 0 bridgehead atoms. The molecule has 58 heavy (non-hydrogen) atoms. The summed E-state index contributed by atoms with van der Waals surface area (Å²) < 4.78 is 7.58. The summed E-state index contributed by atoms with van der Waals surface area (Å²) in [4.78, 5) is 2.49. The third-order valence-corrected chi connectivity index (χ3v) is 13.9. The molecule has 4 heteroatoms. The number of anilines is 3. The molecule has 0 N–H and O–H groups in total. The van der Waals surface area contributed by atoms with Crippen LogP contribution < -0.4 is 4.90 Å². The van der Waals surface area contributed by atoms with E-state index in [9.17, 15) is 0 Å². The Morgan fingerprint density at radius 3 is 1.71 bits per heavy atom. The Morgan fingerprint density at radius 2 is 0.914 bits per heavy atom. The fraction of sp³-hybridized carbons (Fsp3) is 0. The van der Waals surface area contributed by atoms with Gasteiger partial charge in [-0.2, -0.15) is 0 Å². The molecule has 0 aliphatic rings. The summed E-state index contributed by atoms with van der Waals surface area (Å²) in [6, 6.07) is 75.8. The van der Waals surface area contributed by atoms with E-state index in [-0.39, 0.29) is 0 Å². The lowest BCUT2D eigenvalue weighted by Gasteiger charge is -2.27. The predicted octanol–water partition coefficient (Wildman–Crippen LogP) is 16.3. The second-order valence-corrected chi connectivity index (χ2v) is 17.1. The van der Waals surface area contributed by atoms with E-state index >= 15 is 0 Å². The van der Waals surface area contributed by atoms with Crippen molar-refractivity contribution in [2.75, 3.05) is 4.90 Å². The van der Waals surface area contributed by atoms with Crippen LogP contribution in [0.25, 0.3) is 90.1 Å². The molecule has 3 aromatic heterocycles. The molecule has 12 rings (SSSR count). The van der Waals surface area contributed by atoms with Crippen LogP contribution in [0.15, 0.2) is 206 Å². The average Bonchev–Trinajstić information content (AvgIpc) is 3.97. The molecule has 0 radical (unpaired) electrons. The maximum Gasteiger partial charge on any atom is 0.0646 e. The van der Waals surface area contributed by atoms with Gasteiger partial charge >= 0.3 is 0 Å². The highest BCUT2D eigenvalue weighted by Gasteiger charge is 2.22. The topological polar surface area (TPSA) is 8.17 Å². The maximum absolute atomic E-state index is 2.49. The van der Waals surface area contributed by atoms with Gasteiger partial charge < -0.3 is 9.47 Å². The van der Waals surface area contributed by atoms with Crippen molar-refractivity contribution >= 4 is 102 Å². The Bertz CT molecular complexity index is 3500. The number of hydrogen-bond acceptors (Lipinski definition) is 3. The van der Waals surface area contributed by atoms with Gasteiger partial charge in [0, 0.05) is 63.5 Å². The Hall–Kier alpha value is -6.98. The fourth-order valence-electron chi connectivity index (χ4n) is 8.86. The van der Waals surface area contributed by atoms with Gasteiger partial charge in [-0.05, 0) is 101 Å². The number of para-hydroxylation sites is 2. The van der Waals surface area contributed by atoms with Gasteiger partial charge in [0.1, 0.15) is 0 Å². The average molecular weight is 775 g/mol. The van der Waals surface area contributed by atoms with Crippen molar-refractivity contribution in [3.63, 3.8) is 0 Å². The lowest BCUT2D eigenvalue weighted by atomic mass is 9.99. The molecule has 0 aliphatic heterocycles. The van der Waals surface area contributed by atoms with Gasteiger partial charge in [-0.1, -0.05) is 127 Å². The second kappa shape index (κ2) is 13.3. The van der Waals surface area contributed by atoms with Crippen molar-refractivity contribution in [2.45, 2.75) is 0 Å². The van der Waals surface area contributed by atoms with Gasteiger partial charge in [0.2, 0.25) is 0 Å². The summed E-state index contributed by atoms with van der Waals surface area (Å²) in [6.07, 6.45) is 0. The molecule has 2 nitrogen and oxygen atoms in total. The van der Waals surface area contributed by atoms with E-state index in [1.807, 2.05) is 22.7 Å². The zero-order valence-corrected chi connectivity index (χ0v) is 33.0. The van der Waals surface area contributed by atoms with Crippen LogP contribution in [0.4, 0.5) is 17.1 Å². The molecule has 12 aromatic rings. The SMILES string of the molecule is c1ccc(-c2ccc(N(c3ccc4sc5ccccc5c4c3)c3cc(-c4ccc5c6ccccc6n(-c6ccccc6)c5c4)cc4c3sc3ccccc34)cc2)cc1. The van der Waals surface area contributed by atoms with E-state index in [4.69, 9.17) is 0 Å². The number of thiophene rings is 2. The third-order valence-electron chi connectivity index (χ3n) is 11.6. The molecule has 3 heterocycles. The van der Waals surface area contributed by atoms with Gasteiger partial charge in [0.05, 0.1) is 21.4 Å². The number of fused-ring (bicyclic) bond motifs is 9. The molecule has 272 valence electrons. The highest BCUT2D eigenvalue weighted by molar-refractivity contribution is 7.26. The highest BCUT2D eigenvalue weighted by atomic mass is 32.1. The molecule has 0 spiro atoms. The zero-order valence-electron chi connectivity index (χ0n) is 31.3. The summed E-state index contributed by atoms with van der Waals surface area (Å²) >= 11 is 3.74. The summed E-state index contributed by atoms with van der Waals surface area (Å²) in [7, 11) is 0. The quantitative estimate of drug-likeness (QED) is 0.163. The van der Waals surface area contributed by atoms with Crippen LogP contribution in [0.1, 0.15) is 0 Å².